The Balaban J connectivity index is 2.23. The quantitative estimate of drug-likeness (QED) is 0.890. The summed E-state index contributed by atoms with van der Waals surface area (Å²) in [6, 6.07) is 11.8. The summed E-state index contributed by atoms with van der Waals surface area (Å²) in [4.78, 5) is -0.432. The molecular weight excluding hydrogens is 300 g/mol. The van der Waals surface area contributed by atoms with Crippen LogP contribution in [0.2, 0.25) is 0 Å². The summed E-state index contributed by atoms with van der Waals surface area (Å²) in [5.41, 5.74) is 0.892. The number of hydrogen-bond donors (Lipinski definition) is 2. The molecule has 21 heavy (non-hydrogen) atoms. The van der Waals surface area contributed by atoms with Crippen LogP contribution in [0.3, 0.4) is 0 Å². The Labute approximate surface area is 121 Å². The Morgan fingerprint density at radius 2 is 1.67 bits per heavy atom. The van der Waals surface area contributed by atoms with E-state index < -0.39 is 20.5 Å². The van der Waals surface area contributed by atoms with Crippen molar-refractivity contribution in [1.29, 1.82) is 0 Å². The average Bonchev–Trinajstić information content (AvgIpc) is 2.47. The Kier molecular flexibility index (Phi) is 4.42. The van der Waals surface area contributed by atoms with Crippen molar-refractivity contribution < 1.29 is 22.3 Å². The molecule has 0 radical (unpaired) electrons. The van der Waals surface area contributed by atoms with E-state index in [2.05, 4.69) is 5.32 Å². The number of alkyl halides is 2. The van der Waals surface area contributed by atoms with Gasteiger partial charge in [0.1, 0.15) is 5.75 Å². The molecule has 0 saturated heterocycles. The minimum atomic E-state index is -4.65. The van der Waals surface area contributed by atoms with Gasteiger partial charge in [-0.3, -0.25) is 0 Å². The highest BCUT2D eigenvalue weighted by molar-refractivity contribution is 7.91. The highest BCUT2D eigenvalue weighted by Crippen LogP contribution is 2.26. The minimum absolute atomic E-state index is 0.111. The molecule has 0 saturated carbocycles. The summed E-state index contributed by atoms with van der Waals surface area (Å²) in [6.07, 6.45) is 0. The molecule has 2 aromatic rings. The fourth-order valence-electron chi connectivity index (χ4n) is 1.77. The maximum absolute atomic E-state index is 12.6. The normalized spacial score (nSPS) is 11.6. The van der Waals surface area contributed by atoms with Gasteiger partial charge < -0.3 is 10.4 Å². The molecule has 4 nitrogen and oxygen atoms in total. The second-order valence-electron chi connectivity index (χ2n) is 4.32. The highest BCUT2D eigenvalue weighted by Gasteiger charge is 2.28. The first kappa shape index (κ1) is 15.2. The number of para-hydroxylation sites is 1. The van der Waals surface area contributed by atoms with Gasteiger partial charge in [0.05, 0.1) is 10.6 Å². The number of phenols is 1. The SMILES string of the molecule is O=S(=O)(c1ccccc1NCc1ccc(O)cc1)C(F)F. The third-order valence-electron chi connectivity index (χ3n) is 2.85. The molecule has 0 aliphatic heterocycles. The Morgan fingerprint density at radius 1 is 1.05 bits per heavy atom. The Bertz CT molecular complexity index is 715. The van der Waals surface area contributed by atoms with Gasteiger partial charge in [0.15, 0.2) is 0 Å². The molecule has 0 bridgehead atoms. The maximum atomic E-state index is 12.6. The molecule has 0 fully saturated rings. The van der Waals surface area contributed by atoms with E-state index in [4.69, 9.17) is 0 Å². The molecule has 0 unspecified atom stereocenters. The van der Waals surface area contributed by atoms with Crippen molar-refractivity contribution in [1.82, 2.24) is 0 Å². The predicted molar refractivity (Wildman–Crippen MR) is 75.1 cm³/mol. The van der Waals surface area contributed by atoms with E-state index in [9.17, 15) is 22.3 Å². The number of phenolic OH excluding ortho intramolecular Hbond substituents is 1. The van der Waals surface area contributed by atoms with Crippen LogP contribution in [0, 0.1) is 0 Å². The summed E-state index contributed by atoms with van der Waals surface area (Å²) in [6.45, 7) is 0.246. The lowest BCUT2D eigenvalue weighted by molar-refractivity contribution is 0.235. The zero-order valence-corrected chi connectivity index (χ0v) is 11.6. The van der Waals surface area contributed by atoms with Crippen LogP contribution in [-0.2, 0) is 16.4 Å². The number of halogens is 2. The van der Waals surface area contributed by atoms with E-state index in [0.29, 0.717) is 0 Å². The molecule has 7 heteroatoms. The number of nitrogens with one attached hydrogen (secondary N) is 1. The second kappa shape index (κ2) is 6.09. The number of sulfone groups is 1. The van der Waals surface area contributed by atoms with E-state index in [1.807, 2.05) is 0 Å². The number of rotatable bonds is 5. The highest BCUT2D eigenvalue weighted by atomic mass is 32.2. The van der Waals surface area contributed by atoms with Crippen molar-refractivity contribution in [3.8, 4) is 5.75 Å². The fourth-order valence-corrected chi connectivity index (χ4v) is 2.67. The van der Waals surface area contributed by atoms with Gasteiger partial charge in [0.25, 0.3) is 0 Å². The summed E-state index contributed by atoms with van der Waals surface area (Å²) < 4.78 is 48.5. The molecule has 0 amide bonds. The van der Waals surface area contributed by atoms with Gasteiger partial charge in [-0.05, 0) is 29.8 Å². The lowest BCUT2D eigenvalue weighted by Crippen LogP contribution is -2.14. The lowest BCUT2D eigenvalue weighted by Gasteiger charge is -2.12. The van der Waals surface area contributed by atoms with Crippen molar-refractivity contribution in [3.05, 3.63) is 54.1 Å². The molecule has 0 aliphatic rings. The molecular formula is C14H13F2NO3S. The minimum Gasteiger partial charge on any atom is -0.508 e. The topological polar surface area (TPSA) is 66.4 Å². The Hall–Kier alpha value is -2.15. The molecule has 0 atom stereocenters. The molecule has 2 N–H and O–H groups in total. The molecule has 0 aliphatic carbocycles. The maximum Gasteiger partial charge on any atom is 0.341 e. The van der Waals surface area contributed by atoms with E-state index >= 15 is 0 Å². The van der Waals surface area contributed by atoms with Crippen LogP contribution < -0.4 is 5.32 Å². The van der Waals surface area contributed by atoms with Crippen LogP contribution in [0.1, 0.15) is 5.56 Å². The molecule has 0 aromatic heterocycles. The van der Waals surface area contributed by atoms with E-state index in [1.54, 1.807) is 18.2 Å². The summed E-state index contributed by atoms with van der Waals surface area (Å²) in [5.74, 6) is -3.35. The lowest BCUT2D eigenvalue weighted by atomic mass is 10.2. The van der Waals surface area contributed by atoms with Gasteiger partial charge >= 0.3 is 5.76 Å². The molecule has 2 aromatic carbocycles. The molecule has 0 spiro atoms. The predicted octanol–water partition coefficient (Wildman–Crippen LogP) is 3.00. The van der Waals surface area contributed by atoms with Crippen LogP contribution >= 0.6 is 0 Å². The summed E-state index contributed by atoms with van der Waals surface area (Å²) in [7, 11) is -4.65. The van der Waals surface area contributed by atoms with E-state index in [0.717, 1.165) is 11.6 Å². The van der Waals surface area contributed by atoms with Crippen LogP contribution in [0.4, 0.5) is 14.5 Å². The standard InChI is InChI=1S/C14H13F2NO3S/c15-14(16)21(19,20)13-4-2-1-3-12(13)17-9-10-5-7-11(18)8-6-10/h1-8,14,17-18H,9H2. The first-order chi connectivity index (χ1) is 9.91. The zero-order chi connectivity index (χ0) is 15.5. The first-order valence-electron chi connectivity index (χ1n) is 6.04. The largest absolute Gasteiger partial charge is 0.508 e. The third-order valence-corrected chi connectivity index (χ3v) is 4.29. The van der Waals surface area contributed by atoms with Crippen molar-refractivity contribution in [2.45, 2.75) is 17.2 Å². The van der Waals surface area contributed by atoms with Gasteiger partial charge in [0, 0.05) is 6.54 Å². The van der Waals surface area contributed by atoms with Crippen LogP contribution in [0.15, 0.2) is 53.4 Å². The molecule has 0 heterocycles. The van der Waals surface area contributed by atoms with Gasteiger partial charge in [-0.25, -0.2) is 8.42 Å². The second-order valence-corrected chi connectivity index (χ2v) is 6.21. The smallest absolute Gasteiger partial charge is 0.341 e. The van der Waals surface area contributed by atoms with Gasteiger partial charge in [-0.2, -0.15) is 8.78 Å². The molecule has 2 rings (SSSR count). The number of aromatic hydroxyl groups is 1. The van der Waals surface area contributed by atoms with Crippen molar-refractivity contribution in [3.63, 3.8) is 0 Å². The van der Waals surface area contributed by atoms with E-state index in [1.165, 1.54) is 24.3 Å². The summed E-state index contributed by atoms with van der Waals surface area (Å²) in [5, 5.41) is 12.0. The monoisotopic (exact) mass is 313 g/mol. The van der Waals surface area contributed by atoms with Crippen LogP contribution in [0.5, 0.6) is 5.75 Å². The van der Waals surface area contributed by atoms with Crippen molar-refractivity contribution in [2.24, 2.45) is 0 Å². The van der Waals surface area contributed by atoms with Gasteiger partial charge in [-0.1, -0.05) is 24.3 Å². The number of benzene rings is 2. The fraction of sp³-hybridized carbons (Fsp3) is 0.143. The molecule has 112 valence electrons. The van der Waals surface area contributed by atoms with Gasteiger partial charge in [0.2, 0.25) is 9.84 Å². The first-order valence-corrected chi connectivity index (χ1v) is 7.59. The Morgan fingerprint density at radius 3 is 2.29 bits per heavy atom. The zero-order valence-electron chi connectivity index (χ0n) is 10.8. The third kappa shape index (κ3) is 3.49. The van der Waals surface area contributed by atoms with Gasteiger partial charge in [-0.15, -0.1) is 0 Å². The number of anilines is 1. The van der Waals surface area contributed by atoms with Crippen molar-refractivity contribution >= 4 is 15.5 Å². The summed E-state index contributed by atoms with van der Waals surface area (Å²) >= 11 is 0. The van der Waals surface area contributed by atoms with E-state index in [-0.39, 0.29) is 18.0 Å². The average molecular weight is 313 g/mol. The van der Waals surface area contributed by atoms with Crippen LogP contribution in [-0.4, -0.2) is 19.3 Å². The van der Waals surface area contributed by atoms with Crippen LogP contribution in [0.25, 0.3) is 0 Å². The number of hydrogen-bond acceptors (Lipinski definition) is 4. The van der Waals surface area contributed by atoms with Crippen molar-refractivity contribution in [2.75, 3.05) is 5.32 Å².